The van der Waals surface area contributed by atoms with Gasteiger partial charge in [-0.3, -0.25) is 0 Å². The molecule has 0 N–H and O–H groups in total. The lowest BCUT2D eigenvalue weighted by Gasteiger charge is -2.14. The molecule has 98 valence electrons. The lowest BCUT2D eigenvalue weighted by Crippen LogP contribution is -1.91. The number of hydrogen-bond donors (Lipinski definition) is 1. The van der Waals surface area contributed by atoms with Crippen LogP contribution in [0.4, 0.5) is 0 Å². The first-order chi connectivity index (χ1) is 9.90. The predicted octanol–water partition coefficient (Wildman–Crippen LogP) is 5.45. The van der Waals surface area contributed by atoms with Crippen molar-refractivity contribution < 1.29 is 0 Å². The van der Waals surface area contributed by atoms with Crippen LogP contribution in [0, 0.1) is 0 Å². The van der Waals surface area contributed by atoms with Crippen LogP contribution in [0.15, 0.2) is 78.9 Å². The van der Waals surface area contributed by atoms with Crippen LogP contribution in [0.5, 0.6) is 0 Å². The minimum atomic E-state index is 0.741. The molecule has 0 spiro atoms. The van der Waals surface area contributed by atoms with Gasteiger partial charge < -0.3 is 0 Å². The molecule has 1 heteroatoms. The smallest absolute Gasteiger partial charge is 0.0160 e. The van der Waals surface area contributed by atoms with Gasteiger partial charge in [-0.05, 0) is 27.8 Å². The number of hydrogen-bond acceptors (Lipinski definition) is 1. The summed E-state index contributed by atoms with van der Waals surface area (Å²) >= 11 is 4.49. The van der Waals surface area contributed by atoms with E-state index in [-0.39, 0.29) is 0 Å². The van der Waals surface area contributed by atoms with Gasteiger partial charge >= 0.3 is 0 Å². The molecule has 0 unspecified atom stereocenters. The molecule has 3 aromatic rings. The fourth-order valence-electron chi connectivity index (χ4n) is 2.54. The number of thiol groups is 1. The van der Waals surface area contributed by atoms with Gasteiger partial charge in [0.25, 0.3) is 0 Å². The minimum absolute atomic E-state index is 0.741. The third kappa shape index (κ3) is 2.50. The Hall–Kier alpha value is -1.99. The molecule has 0 aliphatic carbocycles. The van der Waals surface area contributed by atoms with Gasteiger partial charge in [0.15, 0.2) is 0 Å². The van der Waals surface area contributed by atoms with E-state index in [2.05, 4.69) is 85.4 Å². The van der Waals surface area contributed by atoms with E-state index in [0.717, 1.165) is 5.75 Å². The summed E-state index contributed by atoms with van der Waals surface area (Å²) in [6, 6.07) is 27.5. The Kier molecular flexibility index (Phi) is 3.89. The maximum Gasteiger partial charge on any atom is 0.0160 e. The molecule has 0 fully saturated rings. The lowest BCUT2D eigenvalue weighted by molar-refractivity contribution is 1.41. The third-order valence-corrected chi connectivity index (χ3v) is 3.81. The summed E-state index contributed by atoms with van der Waals surface area (Å²) in [4.78, 5) is 0. The summed E-state index contributed by atoms with van der Waals surface area (Å²) in [5.41, 5.74) is 6.31. The van der Waals surface area contributed by atoms with Crippen LogP contribution in [0.2, 0.25) is 0 Å². The fourth-order valence-corrected chi connectivity index (χ4v) is 2.80. The van der Waals surface area contributed by atoms with E-state index in [0.29, 0.717) is 0 Å². The van der Waals surface area contributed by atoms with Crippen molar-refractivity contribution in [2.75, 3.05) is 0 Å². The molecule has 0 aliphatic rings. The molecule has 0 heterocycles. The highest BCUT2D eigenvalue weighted by Crippen LogP contribution is 2.35. The molecule has 0 aliphatic heterocycles. The van der Waals surface area contributed by atoms with Crippen molar-refractivity contribution in [1.29, 1.82) is 0 Å². The van der Waals surface area contributed by atoms with Crippen molar-refractivity contribution in [3.63, 3.8) is 0 Å². The van der Waals surface area contributed by atoms with Crippen molar-refractivity contribution in [3.8, 4) is 22.3 Å². The van der Waals surface area contributed by atoms with Crippen LogP contribution in [0.25, 0.3) is 22.3 Å². The van der Waals surface area contributed by atoms with Gasteiger partial charge in [-0.25, -0.2) is 0 Å². The van der Waals surface area contributed by atoms with Gasteiger partial charge in [-0.1, -0.05) is 78.9 Å². The van der Waals surface area contributed by atoms with E-state index in [9.17, 15) is 0 Å². The number of rotatable bonds is 3. The highest BCUT2D eigenvalue weighted by molar-refractivity contribution is 7.79. The normalized spacial score (nSPS) is 10.4. The zero-order valence-electron chi connectivity index (χ0n) is 11.2. The largest absolute Gasteiger partial charge is 0.175 e. The fraction of sp³-hybridized carbons (Fsp3) is 0.0526. The Morgan fingerprint density at radius 1 is 0.600 bits per heavy atom. The third-order valence-electron chi connectivity index (χ3n) is 3.47. The summed E-state index contributed by atoms with van der Waals surface area (Å²) in [5, 5.41) is 0. The van der Waals surface area contributed by atoms with Crippen molar-refractivity contribution in [3.05, 3.63) is 84.4 Å². The average molecular weight is 276 g/mol. The Morgan fingerprint density at radius 2 is 1.20 bits per heavy atom. The quantitative estimate of drug-likeness (QED) is 0.604. The molecule has 0 saturated heterocycles. The highest BCUT2D eigenvalue weighted by Gasteiger charge is 2.10. The van der Waals surface area contributed by atoms with Crippen LogP contribution in [-0.2, 0) is 5.75 Å². The van der Waals surface area contributed by atoms with Crippen LogP contribution in [0.3, 0.4) is 0 Å². The van der Waals surface area contributed by atoms with Gasteiger partial charge in [0.2, 0.25) is 0 Å². The van der Waals surface area contributed by atoms with Gasteiger partial charge in [0.05, 0.1) is 0 Å². The SMILES string of the molecule is SCc1cccc(-c2ccccc2)c1-c1ccccc1. The van der Waals surface area contributed by atoms with Gasteiger partial charge in [-0.15, -0.1) is 0 Å². The Balaban J connectivity index is 2.26. The van der Waals surface area contributed by atoms with E-state index >= 15 is 0 Å². The Morgan fingerprint density at radius 3 is 1.80 bits per heavy atom. The molecular weight excluding hydrogens is 260 g/mol. The topological polar surface area (TPSA) is 0 Å². The van der Waals surface area contributed by atoms with Crippen LogP contribution in [-0.4, -0.2) is 0 Å². The molecule has 3 aromatic carbocycles. The predicted molar refractivity (Wildman–Crippen MR) is 90.0 cm³/mol. The molecule has 0 amide bonds. The maximum absolute atomic E-state index is 4.49. The zero-order valence-corrected chi connectivity index (χ0v) is 12.1. The van der Waals surface area contributed by atoms with Crippen molar-refractivity contribution in [2.24, 2.45) is 0 Å². The van der Waals surface area contributed by atoms with Crippen molar-refractivity contribution >= 4 is 12.6 Å². The summed E-state index contributed by atoms with van der Waals surface area (Å²) in [7, 11) is 0. The molecule has 20 heavy (non-hydrogen) atoms. The molecule has 0 aromatic heterocycles. The first-order valence-corrected chi connectivity index (χ1v) is 7.37. The molecule has 0 bridgehead atoms. The van der Waals surface area contributed by atoms with E-state index in [4.69, 9.17) is 0 Å². The van der Waals surface area contributed by atoms with Gasteiger partial charge in [0.1, 0.15) is 0 Å². The van der Waals surface area contributed by atoms with Crippen molar-refractivity contribution in [1.82, 2.24) is 0 Å². The monoisotopic (exact) mass is 276 g/mol. The van der Waals surface area contributed by atoms with Crippen LogP contribution >= 0.6 is 12.6 Å². The lowest BCUT2D eigenvalue weighted by atomic mass is 9.91. The maximum atomic E-state index is 4.49. The molecule has 0 atom stereocenters. The first kappa shape index (κ1) is 13.0. The van der Waals surface area contributed by atoms with E-state index in [1.54, 1.807) is 0 Å². The molecule has 0 radical (unpaired) electrons. The standard InChI is InChI=1S/C19H16S/c20-14-17-12-7-13-18(15-8-3-1-4-9-15)19(17)16-10-5-2-6-11-16/h1-13,20H,14H2. The highest BCUT2D eigenvalue weighted by atomic mass is 32.1. The zero-order chi connectivity index (χ0) is 13.8. The average Bonchev–Trinajstić information content (AvgIpc) is 2.55. The summed E-state index contributed by atoms with van der Waals surface area (Å²) in [6.45, 7) is 0. The van der Waals surface area contributed by atoms with Gasteiger partial charge in [0, 0.05) is 5.75 Å². The van der Waals surface area contributed by atoms with E-state index in [1.807, 2.05) is 6.07 Å². The minimum Gasteiger partial charge on any atom is -0.175 e. The van der Waals surface area contributed by atoms with E-state index in [1.165, 1.54) is 27.8 Å². The number of benzene rings is 3. The second kappa shape index (κ2) is 5.98. The van der Waals surface area contributed by atoms with E-state index < -0.39 is 0 Å². The van der Waals surface area contributed by atoms with Crippen LogP contribution in [0.1, 0.15) is 5.56 Å². The van der Waals surface area contributed by atoms with Crippen molar-refractivity contribution in [2.45, 2.75) is 5.75 Å². The Labute approximate surface area is 125 Å². The van der Waals surface area contributed by atoms with Gasteiger partial charge in [-0.2, -0.15) is 12.6 Å². The molecule has 0 saturated carbocycles. The molecular formula is C19H16S. The summed E-state index contributed by atoms with van der Waals surface area (Å²) < 4.78 is 0. The molecule has 0 nitrogen and oxygen atoms in total. The summed E-state index contributed by atoms with van der Waals surface area (Å²) in [6.07, 6.45) is 0. The first-order valence-electron chi connectivity index (χ1n) is 6.74. The van der Waals surface area contributed by atoms with Crippen LogP contribution < -0.4 is 0 Å². The second-order valence-electron chi connectivity index (χ2n) is 4.73. The summed E-state index contributed by atoms with van der Waals surface area (Å²) in [5.74, 6) is 0.741. The molecule has 3 rings (SSSR count). The Bertz CT molecular complexity index is 687. The second-order valence-corrected chi connectivity index (χ2v) is 5.05.